The van der Waals surface area contributed by atoms with E-state index in [1.165, 1.54) is 17.4 Å². The Hall–Kier alpha value is -2.84. The van der Waals surface area contributed by atoms with Gasteiger partial charge in [-0.25, -0.2) is 4.39 Å². The second kappa shape index (κ2) is 9.75. The smallest absolute Gasteiger partial charge is 0.266 e. The number of nitrogens with zero attached hydrogens (tertiary/aromatic N) is 1. The molecule has 32 heavy (non-hydrogen) atoms. The summed E-state index contributed by atoms with van der Waals surface area (Å²) in [5.41, 5.74) is 2.07. The van der Waals surface area contributed by atoms with Crippen LogP contribution < -0.4 is 19.7 Å². The molecule has 0 saturated carbocycles. The average Bonchev–Trinajstić information content (AvgIpc) is 3.14. The molecule has 1 aromatic heterocycles. The topological polar surface area (TPSA) is 60.0 Å². The van der Waals surface area contributed by atoms with Crippen LogP contribution in [0.15, 0.2) is 30.3 Å². The summed E-state index contributed by atoms with van der Waals surface area (Å²) in [6.07, 6.45) is 0. The van der Waals surface area contributed by atoms with E-state index in [-0.39, 0.29) is 11.7 Å². The highest BCUT2D eigenvalue weighted by atomic mass is 32.1. The van der Waals surface area contributed by atoms with Gasteiger partial charge in [-0.3, -0.25) is 4.79 Å². The van der Waals surface area contributed by atoms with Crippen molar-refractivity contribution < 1.29 is 23.4 Å². The summed E-state index contributed by atoms with van der Waals surface area (Å²) < 4.78 is 32.3. The Morgan fingerprint density at radius 2 is 1.88 bits per heavy atom. The minimum Gasteiger partial charge on any atom is -0.492 e. The second-order valence-corrected chi connectivity index (χ2v) is 8.46. The number of amides is 1. The van der Waals surface area contributed by atoms with E-state index in [2.05, 4.69) is 10.2 Å². The molecule has 1 fully saturated rings. The van der Waals surface area contributed by atoms with Gasteiger partial charge >= 0.3 is 0 Å². The number of rotatable bonds is 7. The lowest BCUT2D eigenvalue weighted by molar-refractivity contribution is 0.102. The highest BCUT2D eigenvalue weighted by Gasteiger charge is 2.23. The standard InChI is InChI=1S/C24H27FN2O4S/c1-4-30-19-14-18(27-9-11-29-12-10-27)20(31-5-2)13-17(19)26-24(28)23-15(3)22-16(25)7-6-8-21(22)32-23/h6-8,13-14H,4-5,9-12H2,1-3H3,(H,26,28). The molecule has 4 rings (SSSR count). The summed E-state index contributed by atoms with van der Waals surface area (Å²) in [4.78, 5) is 15.9. The molecule has 1 N–H and O–H groups in total. The Kier molecular flexibility index (Phi) is 6.81. The van der Waals surface area contributed by atoms with Crippen LogP contribution in [0.25, 0.3) is 10.1 Å². The van der Waals surface area contributed by atoms with Crippen LogP contribution in [0.1, 0.15) is 29.1 Å². The van der Waals surface area contributed by atoms with Crippen molar-refractivity contribution >= 4 is 38.7 Å². The first-order chi connectivity index (χ1) is 15.5. The summed E-state index contributed by atoms with van der Waals surface area (Å²) in [6, 6.07) is 8.60. The first-order valence-corrected chi connectivity index (χ1v) is 11.6. The van der Waals surface area contributed by atoms with E-state index >= 15 is 0 Å². The normalized spacial score (nSPS) is 13.9. The van der Waals surface area contributed by atoms with Crippen molar-refractivity contribution in [3.05, 3.63) is 46.6 Å². The zero-order valence-electron chi connectivity index (χ0n) is 18.5. The van der Waals surface area contributed by atoms with Gasteiger partial charge in [0.05, 0.1) is 42.7 Å². The molecule has 1 aliphatic heterocycles. The van der Waals surface area contributed by atoms with Crippen molar-refractivity contribution in [1.29, 1.82) is 0 Å². The highest BCUT2D eigenvalue weighted by Crippen LogP contribution is 2.40. The van der Waals surface area contributed by atoms with E-state index in [1.54, 1.807) is 19.1 Å². The van der Waals surface area contributed by atoms with Gasteiger partial charge in [-0.1, -0.05) is 6.07 Å². The lowest BCUT2D eigenvalue weighted by Crippen LogP contribution is -2.36. The fourth-order valence-corrected chi connectivity index (χ4v) is 5.01. The van der Waals surface area contributed by atoms with Crippen molar-refractivity contribution in [2.75, 3.05) is 49.7 Å². The minimum absolute atomic E-state index is 0.300. The van der Waals surface area contributed by atoms with Crippen LogP contribution in [0, 0.1) is 12.7 Å². The average molecular weight is 459 g/mol. The first kappa shape index (κ1) is 22.4. The number of anilines is 2. The van der Waals surface area contributed by atoms with E-state index < -0.39 is 0 Å². The number of halogens is 1. The molecule has 0 radical (unpaired) electrons. The van der Waals surface area contributed by atoms with Gasteiger partial charge in [0.25, 0.3) is 5.91 Å². The summed E-state index contributed by atoms with van der Waals surface area (Å²) in [7, 11) is 0. The largest absolute Gasteiger partial charge is 0.492 e. The number of aryl methyl sites for hydroxylation is 1. The van der Waals surface area contributed by atoms with Crippen LogP contribution >= 0.6 is 11.3 Å². The van der Waals surface area contributed by atoms with E-state index in [0.29, 0.717) is 59.4 Å². The van der Waals surface area contributed by atoms with Crippen LogP contribution in [0.5, 0.6) is 11.5 Å². The van der Waals surface area contributed by atoms with Crippen molar-refractivity contribution in [1.82, 2.24) is 0 Å². The van der Waals surface area contributed by atoms with E-state index in [1.807, 2.05) is 26.0 Å². The predicted molar refractivity (Wildman–Crippen MR) is 126 cm³/mol. The number of ether oxygens (including phenoxy) is 3. The van der Waals surface area contributed by atoms with Gasteiger partial charge in [0.2, 0.25) is 0 Å². The van der Waals surface area contributed by atoms with Crippen molar-refractivity contribution in [2.24, 2.45) is 0 Å². The van der Waals surface area contributed by atoms with Crippen LogP contribution in [0.3, 0.4) is 0 Å². The Labute approximate surface area is 190 Å². The predicted octanol–water partition coefficient (Wildman–Crippen LogP) is 5.24. The summed E-state index contributed by atoms with van der Waals surface area (Å²) >= 11 is 1.28. The summed E-state index contributed by atoms with van der Waals surface area (Å²) in [5, 5.41) is 3.45. The molecule has 6 nitrogen and oxygen atoms in total. The molecular formula is C24H27FN2O4S. The fourth-order valence-electron chi connectivity index (χ4n) is 3.89. The molecule has 1 aliphatic rings. The molecule has 2 aromatic carbocycles. The molecule has 0 unspecified atom stereocenters. The minimum atomic E-state index is -0.321. The number of hydrogen-bond acceptors (Lipinski definition) is 6. The van der Waals surface area contributed by atoms with E-state index in [4.69, 9.17) is 14.2 Å². The molecule has 3 aromatic rings. The Balaban J connectivity index is 1.70. The monoisotopic (exact) mass is 458 g/mol. The molecule has 1 saturated heterocycles. The Morgan fingerprint density at radius 1 is 1.16 bits per heavy atom. The number of carbonyl (C=O) groups excluding carboxylic acids is 1. The van der Waals surface area contributed by atoms with Crippen molar-refractivity contribution in [3.8, 4) is 11.5 Å². The zero-order chi connectivity index (χ0) is 22.7. The third kappa shape index (κ3) is 4.38. The number of nitrogens with one attached hydrogen (secondary N) is 1. The van der Waals surface area contributed by atoms with E-state index in [9.17, 15) is 9.18 Å². The van der Waals surface area contributed by atoms with Crippen LogP contribution in [-0.4, -0.2) is 45.4 Å². The second-order valence-electron chi connectivity index (χ2n) is 7.40. The molecule has 0 spiro atoms. The fraction of sp³-hybridized carbons (Fsp3) is 0.375. The van der Waals surface area contributed by atoms with Crippen LogP contribution in [-0.2, 0) is 4.74 Å². The number of morpholine rings is 1. The lowest BCUT2D eigenvalue weighted by atomic mass is 10.1. The number of carbonyl (C=O) groups is 1. The maximum Gasteiger partial charge on any atom is 0.266 e. The molecule has 0 atom stereocenters. The van der Waals surface area contributed by atoms with Crippen LogP contribution in [0.2, 0.25) is 0 Å². The van der Waals surface area contributed by atoms with Gasteiger partial charge < -0.3 is 24.4 Å². The third-order valence-electron chi connectivity index (χ3n) is 5.37. The van der Waals surface area contributed by atoms with Gasteiger partial charge in [-0.05, 0) is 38.5 Å². The number of fused-ring (bicyclic) bond motifs is 1. The van der Waals surface area contributed by atoms with Gasteiger partial charge in [0.15, 0.2) is 0 Å². The molecule has 2 heterocycles. The van der Waals surface area contributed by atoms with Gasteiger partial charge in [0.1, 0.15) is 17.3 Å². The number of benzene rings is 2. The molecule has 170 valence electrons. The Bertz CT molecular complexity index is 1120. The third-order valence-corrected chi connectivity index (χ3v) is 6.63. The summed E-state index contributed by atoms with van der Waals surface area (Å²) in [5.74, 6) is 0.618. The maximum absolute atomic E-state index is 14.3. The van der Waals surface area contributed by atoms with Gasteiger partial charge in [0, 0.05) is 35.3 Å². The first-order valence-electron chi connectivity index (χ1n) is 10.8. The van der Waals surface area contributed by atoms with Crippen LogP contribution in [0.4, 0.5) is 15.8 Å². The SMILES string of the molecule is CCOc1cc(N2CCOCC2)c(OCC)cc1NC(=O)c1sc2cccc(F)c2c1C. The lowest BCUT2D eigenvalue weighted by Gasteiger charge is -2.31. The van der Waals surface area contributed by atoms with Gasteiger partial charge in [-0.2, -0.15) is 0 Å². The number of hydrogen-bond donors (Lipinski definition) is 1. The maximum atomic E-state index is 14.3. The molecular weight excluding hydrogens is 431 g/mol. The van der Waals surface area contributed by atoms with E-state index in [0.717, 1.165) is 23.5 Å². The molecule has 8 heteroatoms. The molecule has 0 aliphatic carbocycles. The molecule has 0 bridgehead atoms. The van der Waals surface area contributed by atoms with Gasteiger partial charge in [-0.15, -0.1) is 11.3 Å². The molecule has 1 amide bonds. The summed E-state index contributed by atoms with van der Waals surface area (Å²) in [6.45, 7) is 9.34. The van der Waals surface area contributed by atoms with Crippen molar-refractivity contribution in [3.63, 3.8) is 0 Å². The Morgan fingerprint density at radius 3 is 2.56 bits per heavy atom. The highest BCUT2D eigenvalue weighted by molar-refractivity contribution is 7.21. The van der Waals surface area contributed by atoms with Crippen molar-refractivity contribution in [2.45, 2.75) is 20.8 Å². The quantitative estimate of drug-likeness (QED) is 0.525. The number of thiophene rings is 1. The zero-order valence-corrected chi connectivity index (χ0v) is 19.3.